The zero-order valence-electron chi connectivity index (χ0n) is 12.3. The van der Waals surface area contributed by atoms with E-state index in [0.717, 1.165) is 31.8 Å². The average molecular weight is 265 g/mol. The van der Waals surface area contributed by atoms with Crippen molar-refractivity contribution in [3.63, 3.8) is 0 Å². The van der Waals surface area contributed by atoms with Crippen LogP contribution in [-0.4, -0.2) is 23.1 Å². The topological polar surface area (TPSA) is 47.0 Å². The Labute approximate surface area is 117 Å². The number of nitrogens with zero attached hydrogens (tertiary/aromatic N) is 2. The van der Waals surface area contributed by atoms with E-state index in [9.17, 15) is 0 Å². The molecule has 0 fully saturated rings. The molecule has 4 nitrogen and oxygen atoms in total. The Morgan fingerprint density at radius 1 is 1.05 bits per heavy atom. The summed E-state index contributed by atoms with van der Waals surface area (Å²) in [7, 11) is 0. The molecule has 0 bridgehead atoms. The van der Waals surface area contributed by atoms with Gasteiger partial charge in [0.2, 0.25) is 5.88 Å². The molecule has 1 N–H and O–H groups in total. The molecule has 4 heteroatoms. The third-order valence-electron chi connectivity index (χ3n) is 2.97. The standard InChI is InChI=1S/C15H27N3O/c1-3-5-6-7-8-9-10-19-15-13-17-12-14(18-15)11-16-4-2/h12-13,16H,3-11H2,1-2H3. The fourth-order valence-electron chi connectivity index (χ4n) is 1.85. The quantitative estimate of drug-likeness (QED) is 0.623. The highest BCUT2D eigenvalue weighted by molar-refractivity contribution is 5.08. The van der Waals surface area contributed by atoms with Gasteiger partial charge in [0.05, 0.1) is 18.5 Å². The van der Waals surface area contributed by atoms with Crippen molar-refractivity contribution in [3.05, 3.63) is 18.1 Å². The van der Waals surface area contributed by atoms with Crippen molar-refractivity contribution in [2.24, 2.45) is 0 Å². The highest BCUT2D eigenvalue weighted by Gasteiger charge is 1.99. The normalized spacial score (nSPS) is 10.6. The van der Waals surface area contributed by atoms with Gasteiger partial charge < -0.3 is 10.1 Å². The minimum atomic E-state index is 0.643. The summed E-state index contributed by atoms with van der Waals surface area (Å²) < 4.78 is 5.63. The second kappa shape index (κ2) is 10.7. The van der Waals surface area contributed by atoms with Crippen LogP contribution in [0.5, 0.6) is 5.88 Å². The first-order valence-electron chi connectivity index (χ1n) is 7.51. The van der Waals surface area contributed by atoms with E-state index in [2.05, 4.69) is 29.1 Å². The van der Waals surface area contributed by atoms with Gasteiger partial charge in [0.25, 0.3) is 0 Å². The zero-order chi connectivity index (χ0) is 13.8. The van der Waals surface area contributed by atoms with Crippen LogP contribution >= 0.6 is 0 Å². The third kappa shape index (κ3) is 7.78. The monoisotopic (exact) mass is 265 g/mol. The van der Waals surface area contributed by atoms with Crippen molar-refractivity contribution in [2.45, 2.75) is 58.9 Å². The van der Waals surface area contributed by atoms with Crippen LogP contribution in [0.1, 0.15) is 58.1 Å². The lowest BCUT2D eigenvalue weighted by Crippen LogP contribution is -2.13. The Kier molecular flexibility index (Phi) is 8.98. The Balaban J connectivity index is 2.14. The minimum Gasteiger partial charge on any atom is -0.477 e. The maximum Gasteiger partial charge on any atom is 0.232 e. The van der Waals surface area contributed by atoms with Gasteiger partial charge in [-0.2, -0.15) is 0 Å². The van der Waals surface area contributed by atoms with Crippen LogP contribution < -0.4 is 10.1 Å². The molecule has 0 unspecified atom stereocenters. The molecular weight excluding hydrogens is 238 g/mol. The number of hydrogen-bond donors (Lipinski definition) is 1. The Bertz CT molecular complexity index is 331. The van der Waals surface area contributed by atoms with Gasteiger partial charge in [0, 0.05) is 12.7 Å². The number of nitrogens with one attached hydrogen (secondary N) is 1. The molecule has 0 spiro atoms. The minimum absolute atomic E-state index is 0.643. The number of unbranched alkanes of at least 4 members (excludes halogenated alkanes) is 5. The summed E-state index contributed by atoms with van der Waals surface area (Å²) in [4.78, 5) is 8.56. The van der Waals surface area contributed by atoms with Gasteiger partial charge in [-0.1, -0.05) is 46.0 Å². The second-order valence-corrected chi connectivity index (χ2v) is 4.75. The van der Waals surface area contributed by atoms with Gasteiger partial charge >= 0.3 is 0 Å². The molecular formula is C15H27N3O. The van der Waals surface area contributed by atoms with Crippen LogP contribution in [0, 0.1) is 0 Å². The molecule has 19 heavy (non-hydrogen) atoms. The Morgan fingerprint density at radius 3 is 2.63 bits per heavy atom. The van der Waals surface area contributed by atoms with Crippen LogP contribution in [0.3, 0.4) is 0 Å². The molecule has 0 saturated carbocycles. The molecule has 1 heterocycles. The third-order valence-corrected chi connectivity index (χ3v) is 2.97. The molecule has 0 aliphatic carbocycles. The van der Waals surface area contributed by atoms with Crippen molar-refractivity contribution in [2.75, 3.05) is 13.2 Å². The van der Waals surface area contributed by atoms with Gasteiger partial charge in [0.1, 0.15) is 0 Å². The molecule has 0 aliphatic heterocycles. The van der Waals surface area contributed by atoms with Gasteiger partial charge in [-0.15, -0.1) is 0 Å². The van der Waals surface area contributed by atoms with E-state index in [0.29, 0.717) is 5.88 Å². The number of aromatic nitrogens is 2. The lowest BCUT2D eigenvalue weighted by atomic mass is 10.1. The molecule has 0 saturated heterocycles. The van der Waals surface area contributed by atoms with Crippen molar-refractivity contribution in [3.8, 4) is 5.88 Å². The summed E-state index contributed by atoms with van der Waals surface area (Å²) in [5.74, 6) is 0.643. The number of rotatable bonds is 11. The first-order chi connectivity index (χ1) is 9.36. The van der Waals surface area contributed by atoms with E-state index in [1.165, 1.54) is 32.1 Å². The average Bonchev–Trinajstić information content (AvgIpc) is 2.44. The largest absolute Gasteiger partial charge is 0.477 e. The van der Waals surface area contributed by atoms with E-state index in [1.54, 1.807) is 12.4 Å². The van der Waals surface area contributed by atoms with Crippen molar-refractivity contribution in [1.82, 2.24) is 15.3 Å². The predicted octanol–water partition coefficient (Wildman–Crippen LogP) is 3.33. The summed E-state index contributed by atoms with van der Waals surface area (Å²) >= 11 is 0. The van der Waals surface area contributed by atoms with Crippen LogP contribution in [0.4, 0.5) is 0 Å². The van der Waals surface area contributed by atoms with Crippen molar-refractivity contribution < 1.29 is 4.74 Å². The maximum absolute atomic E-state index is 5.63. The Morgan fingerprint density at radius 2 is 1.84 bits per heavy atom. The van der Waals surface area contributed by atoms with Gasteiger partial charge in [-0.3, -0.25) is 4.98 Å². The van der Waals surface area contributed by atoms with Crippen LogP contribution in [0.25, 0.3) is 0 Å². The SMILES string of the molecule is CCCCCCCCOc1cncc(CNCC)n1. The molecule has 0 amide bonds. The fourth-order valence-corrected chi connectivity index (χ4v) is 1.85. The Hall–Kier alpha value is -1.16. The van der Waals surface area contributed by atoms with Crippen LogP contribution in [-0.2, 0) is 6.54 Å². The predicted molar refractivity (Wildman–Crippen MR) is 78.3 cm³/mol. The zero-order valence-corrected chi connectivity index (χ0v) is 12.3. The molecule has 1 rings (SSSR count). The van der Waals surface area contributed by atoms with E-state index in [1.807, 2.05) is 0 Å². The number of hydrogen-bond acceptors (Lipinski definition) is 4. The lowest BCUT2D eigenvalue weighted by molar-refractivity contribution is 0.291. The van der Waals surface area contributed by atoms with Crippen molar-refractivity contribution in [1.29, 1.82) is 0 Å². The highest BCUT2D eigenvalue weighted by atomic mass is 16.5. The molecule has 1 aromatic heterocycles. The summed E-state index contributed by atoms with van der Waals surface area (Å²) in [5.41, 5.74) is 0.933. The highest BCUT2D eigenvalue weighted by Crippen LogP contribution is 2.08. The summed E-state index contributed by atoms with van der Waals surface area (Å²) in [6, 6.07) is 0. The lowest BCUT2D eigenvalue weighted by Gasteiger charge is -2.06. The molecule has 0 aliphatic rings. The number of ether oxygens (including phenoxy) is 1. The van der Waals surface area contributed by atoms with Crippen LogP contribution in [0.2, 0.25) is 0 Å². The van der Waals surface area contributed by atoms with E-state index in [-0.39, 0.29) is 0 Å². The van der Waals surface area contributed by atoms with E-state index in [4.69, 9.17) is 4.74 Å². The maximum atomic E-state index is 5.63. The van der Waals surface area contributed by atoms with Gasteiger partial charge in [-0.25, -0.2) is 4.98 Å². The molecule has 0 atom stereocenters. The molecule has 0 aromatic carbocycles. The molecule has 0 radical (unpaired) electrons. The first-order valence-corrected chi connectivity index (χ1v) is 7.51. The van der Waals surface area contributed by atoms with Crippen LogP contribution in [0.15, 0.2) is 12.4 Å². The summed E-state index contributed by atoms with van der Waals surface area (Å²) in [6.45, 7) is 6.74. The van der Waals surface area contributed by atoms with E-state index >= 15 is 0 Å². The summed E-state index contributed by atoms with van der Waals surface area (Å²) in [6.07, 6.45) is 11.1. The molecule has 1 aromatic rings. The smallest absolute Gasteiger partial charge is 0.232 e. The van der Waals surface area contributed by atoms with Gasteiger partial charge in [-0.05, 0) is 13.0 Å². The first kappa shape index (κ1) is 15.9. The van der Waals surface area contributed by atoms with Gasteiger partial charge in [0.15, 0.2) is 0 Å². The summed E-state index contributed by atoms with van der Waals surface area (Å²) in [5, 5.41) is 3.23. The molecule has 108 valence electrons. The van der Waals surface area contributed by atoms with E-state index < -0.39 is 0 Å². The fraction of sp³-hybridized carbons (Fsp3) is 0.733. The second-order valence-electron chi connectivity index (χ2n) is 4.75. The van der Waals surface area contributed by atoms with Crippen molar-refractivity contribution >= 4 is 0 Å².